The number of primary amides is 1. The van der Waals surface area contributed by atoms with Gasteiger partial charge in [-0.2, -0.15) is 5.10 Å². The zero-order valence-electron chi connectivity index (χ0n) is 22.8. The highest BCUT2D eigenvalue weighted by atomic mass is 35.5. The molecule has 3 aromatic carbocycles. The molecule has 3 amide bonds. The van der Waals surface area contributed by atoms with Crippen LogP contribution in [0.3, 0.4) is 0 Å². The number of carbonyl (C=O) groups is 4. The molecule has 13 heteroatoms. The lowest BCUT2D eigenvalue weighted by atomic mass is 10.0. The van der Waals surface area contributed by atoms with Crippen LogP contribution < -0.4 is 16.8 Å². The molecule has 11 nitrogen and oxygen atoms in total. The van der Waals surface area contributed by atoms with E-state index in [1.807, 2.05) is 12.1 Å². The van der Waals surface area contributed by atoms with Crippen molar-refractivity contribution in [2.75, 3.05) is 6.54 Å². The van der Waals surface area contributed by atoms with Crippen molar-refractivity contribution < 1.29 is 28.7 Å². The molecule has 0 unspecified atom stereocenters. The SMILES string of the molecule is NCc1ccc(-c2ccc(CNC(=O)CN(C(=O)Cn3nc(C(N)=O)c4c(C(=O)O)cccc43)C3CC3)c(F)c2Cl)cc1. The largest absolute Gasteiger partial charge is 0.478 e. The van der Waals surface area contributed by atoms with Crippen LogP contribution in [0.15, 0.2) is 54.6 Å². The van der Waals surface area contributed by atoms with Crippen molar-refractivity contribution in [3.8, 4) is 11.1 Å². The third-order valence-electron chi connectivity index (χ3n) is 7.29. The lowest BCUT2D eigenvalue weighted by Gasteiger charge is -2.22. The first-order chi connectivity index (χ1) is 20.6. The van der Waals surface area contributed by atoms with Gasteiger partial charge in [-0.15, -0.1) is 0 Å². The number of carboxylic acids is 1. The fraction of sp³-hybridized carbons (Fsp3) is 0.233. The molecular formula is C30H28ClFN6O5. The quantitative estimate of drug-likeness (QED) is 0.203. The summed E-state index contributed by atoms with van der Waals surface area (Å²) in [5, 5.41) is 16.3. The molecule has 1 aromatic heterocycles. The lowest BCUT2D eigenvalue weighted by Crippen LogP contribution is -2.43. The summed E-state index contributed by atoms with van der Waals surface area (Å²) in [5.41, 5.74) is 13.2. The minimum atomic E-state index is -1.27. The molecule has 0 aliphatic heterocycles. The van der Waals surface area contributed by atoms with Gasteiger partial charge in [0.1, 0.15) is 12.4 Å². The third-order valence-corrected chi connectivity index (χ3v) is 7.66. The first-order valence-corrected chi connectivity index (χ1v) is 13.8. The van der Waals surface area contributed by atoms with E-state index in [-0.39, 0.29) is 58.4 Å². The van der Waals surface area contributed by atoms with Crippen LogP contribution in [-0.4, -0.2) is 56.1 Å². The second kappa shape index (κ2) is 12.2. The Labute approximate surface area is 250 Å². The van der Waals surface area contributed by atoms with Crippen LogP contribution in [-0.2, 0) is 29.2 Å². The second-order valence-corrected chi connectivity index (χ2v) is 10.6. The number of nitrogens with two attached hydrogens (primary N) is 2. The highest BCUT2D eigenvalue weighted by Gasteiger charge is 2.34. The molecule has 1 aliphatic carbocycles. The number of nitrogens with one attached hydrogen (secondary N) is 1. The number of amides is 3. The Hall–Kier alpha value is -4.81. The molecule has 1 saturated carbocycles. The summed E-state index contributed by atoms with van der Waals surface area (Å²) in [6.07, 6.45) is 1.40. The zero-order valence-corrected chi connectivity index (χ0v) is 23.6. The lowest BCUT2D eigenvalue weighted by molar-refractivity contribution is -0.137. The first-order valence-electron chi connectivity index (χ1n) is 13.4. The molecular weight excluding hydrogens is 579 g/mol. The van der Waals surface area contributed by atoms with E-state index >= 15 is 4.39 Å². The highest BCUT2D eigenvalue weighted by Crippen LogP contribution is 2.32. The summed E-state index contributed by atoms with van der Waals surface area (Å²) >= 11 is 6.33. The number of hydrogen-bond donors (Lipinski definition) is 4. The molecule has 1 heterocycles. The van der Waals surface area contributed by atoms with Crippen LogP contribution in [0.4, 0.5) is 4.39 Å². The van der Waals surface area contributed by atoms with Gasteiger partial charge in [-0.3, -0.25) is 19.1 Å². The minimum absolute atomic E-state index is 0.0327. The number of hydrogen-bond acceptors (Lipinski definition) is 6. The molecule has 4 aromatic rings. The Balaban J connectivity index is 1.28. The van der Waals surface area contributed by atoms with Gasteiger partial charge in [0, 0.05) is 35.6 Å². The van der Waals surface area contributed by atoms with Crippen molar-refractivity contribution in [3.05, 3.63) is 87.8 Å². The molecule has 0 atom stereocenters. The third kappa shape index (κ3) is 6.20. The van der Waals surface area contributed by atoms with E-state index in [0.717, 1.165) is 11.1 Å². The van der Waals surface area contributed by atoms with Crippen LogP contribution in [0.2, 0.25) is 5.02 Å². The van der Waals surface area contributed by atoms with E-state index < -0.39 is 29.5 Å². The first kappa shape index (κ1) is 29.7. The van der Waals surface area contributed by atoms with E-state index in [1.54, 1.807) is 24.3 Å². The normalized spacial score (nSPS) is 12.7. The van der Waals surface area contributed by atoms with Gasteiger partial charge in [0.2, 0.25) is 11.8 Å². The minimum Gasteiger partial charge on any atom is -0.478 e. The van der Waals surface area contributed by atoms with Crippen molar-refractivity contribution in [2.45, 2.75) is 38.5 Å². The van der Waals surface area contributed by atoms with E-state index in [2.05, 4.69) is 10.4 Å². The Morgan fingerprint density at radius 1 is 1.09 bits per heavy atom. The van der Waals surface area contributed by atoms with Crippen molar-refractivity contribution in [3.63, 3.8) is 0 Å². The van der Waals surface area contributed by atoms with Gasteiger partial charge >= 0.3 is 5.97 Å². The molecule has 0 radical (unpaired) electrons. The van der Waals surface area contributed by atoms with Crippen molar-refractivity contribution in [1.82, 2.24) is 20.0 Å². The number of carboxylic acid groups (broad SMARTS) is 1. The Morgan fingerprint density at radius 2 is 1.81 bits per heavy atom. The van der Waals surface area contributed by atoms with Crippen LogP contribution >= 0.6 is 11.6 Å². The van der Waals surface area contributed by atoms with Gasteiger partial charge < -0.3 is 26.8 Å². The van der Waals surface area contributed by atoms with E-state index in [4.69, 9.17) is 23.1 Å². The number of rotatable bonds is 11. The summed E-state index contributed by atoms with van der Waals surface area (Å²) in [5.74, 6) is -3.84. The average Bonchev–Trinajstić information content (AvgIpc) is 3.77. The Morgan fingerprint density at radius 3 is 2.44 bits per heavy atom. The Kier molecular flexibility index (Phi) is 8.42. The maximum atomic E-state index is 15.1. The fourth-order valence-electron chi connectivity index (χ4n) is 4.90. The van der Waals surface area contributed by atoms with Crippen LogP contribution in [0.1, 0.15) is 44.8 Å². The fourth-order valence-corrected chi connectivity index (χ4v) is 5.19. The summed E-state index contributed by atoms with van der Waals surface area (Å²) in [7, 11) is 0. The summed E-state index contributed by atoms with van der Waals surface area (Å²) in [6, 6.07) is 14.7. The predicted octanol–water partition coefficient (Wildman–Crippen LogP) is 3.06. The van der Waals surface area contributed by atoms with Gasteiger partial charge in [0.15, 0.2) is 5.69 Å². The number of carbonyl (C=O) groups excluding carboxylic acids is 3. The molecule has 1 aliphatic rings. The van der Waals surface area contributed by atoms with Crippen molar-refractivity contribution in [2.24, 2.45) is 11.5 Å². The highest BCUT2D eigenvalue weighted by molar-refractivity contribution is 6.33. The van der Waals surface area contributed by atoms with Gasteiger partial charge in [0.05, 0.1) is 22.6 Å². The van der Waals surface area contributed by atoms with Crippen LogP contribution in [0.25, 0.3) is 22.0 Å². The molecule has 5 rings (SSSR count). The Bertz CT molecular complexity index is 1750. The maximum absolute atomic E-state index is 15.1. The predicted molar refractivity (Wildman–Crippen MR) is 157 cm³/mol. The second-order valence-electron chi connectivity index (χ2n) is 10.2. The molecule has 0 saturated heterocycles. The van der Waals surface area contributed by atoms with Gasteiger partial charge in [0.25, 0.3) is 5.91 Å². The maximum Gasteiger partial charge on any atom is 0.336 e. The summed E-state index contributed by atoms with van der Waals surface area (Å²) in [6.45, 7) is -0.400. The molecule has 43 heavy (non-hydrogen) atoms. The molecule has 6 N–H and O–H groups in total. The number of benzene rings is 3. The number of nitrogens with zero attached hydrogens (tertiary/aromatic N) is 3. The topological polar surface area (TPSA) is 174 Å². The molecule has 0 bridgehead atoms. The number of aromatic carboxylic acids is 1. The zero-order chi connectivity index (χ0) is 30.8. The van der Waals surface area contributed by atoms with Crippen molar-refractivity contribution in [1.29, 1.82) is 0 Å². The standard InChI is InChI=1S/C30H28ClFN6O5/c31-26-20(17-6-4-16(12-33)5-7-17)11-8-18(27(26)32)13-35-23(39)14-37(19-9-10-19)24(40)15-38-22-3-1-2-21(30(42)43)25(22)28(36-38)29(34)41/h1-8,11,19H,9-10,12-15,33H2,(H2,34,41)(H,35,39)(H,42,43). The molecule has 1 fully saturated rings. The smallest absolute Gasteiger partial charge is 0.336 e. The van der Waals surface area contributed by atoms with E-state index in [9.17, 15) is 24.3 Å². The average molecular weight is 607 g/mol. The van der Waals surface area contributed by atoms with E-state index in [0.29, 0.717) is 24.9 Å². The van der Waals surface area contributed by atoms with Crippen LogP contribution in [0.5, 0.6) is 0 Å². The monoisotopic (exact) mass is 606 g/mol. The number of aromatic nitrogens is 2. The van der Waals surface area contributed by atoms with E-state index in [1.165, 1.54) is 27.8 Å². The summed E-state index contributed by atoms with van der Waals surface area (Å²) in [4.78, 5) is 51.3. The molecule has 222 valence electrons. The molecule has 0 spiro atoms. The van der Waals surface area contributed by atoms with Gasteiger partial charge in [-0.25, -0.2) is 9.18 Å². The van der Waals surface area contributed by atoms with Crippen molar-refractivity contribution >= 4 is 46.2 Å². The number of fused-ring (bicyclic) bond motifs is 1. The van der Waals surface area contributed by atoms with Gasteiger partial charge in [-0.1, -0.05) is 54.1 Å². The van der Waals surface area contributed by atoms with Gasteiger partial charge in [-0.05, 0) is 36.1 Å². The summed E-state index contributed by atoms with van der Waals surface area (Å²) < 4.78 is 16.3. The van der Waals surface area contributed by atoms with Crippen LogP contribution in [0, 0.1) is 5.82 Å². The number of halogens is 2.